The standard InChI is InChI=1S/C13H20BrNO2S/c1-2-3-15-4-5-17-13(8-15)12(16)7-11-6-10(14)9-18-11/h6,9,12-13,16H,2-5,7-8H2,1H3. The molecule has 102 valence electrons. The Hall–Kier alpha value is 0.0600. The van der Waals surface area contributed by atoms with Crippen LogP contribution in [0.25, 0.3) is 0 Å². The van der Waals surface area contributed by atoms with Crippen molar-refractivity contribution in [2.45, 2.75) is 32.0 Å². The third-order valence-corrected chi connectivity index (χ3v) is 4.90. The van der Waals surface area contributed by atoms with E-state index in [9.17, 15) is 5.11 Å². The monoisotopic (exact) mass is 333 g/mol. The van der Waals surface area contributed by atoms with E-state index in [2.05, 4.69) is 33.8 Å². The number of ether oxygens (including phenoxy) is 1. The largest absolute Gasteiger partial charge is 0.390 e. The highest BCUT2D eigenvalue weighted by Gasteiger charge is 2.26. The number of hydrogen-bond donors (Lipinski definition) is 1. The molecule has 2 atom stereocenters. The Morgan fingerprint density at radius 2 is 2.50 bits per heavy atom. The lowest BCUT2D eigenvalue weighted by molar-refractivity contribution is -0.0875. The summed E-state index contributed by atoms with van der Waals surface area (Å²) in [6.07, 6.45) is 1.38. The van der Waals surface area contributed by atoms with Crippen molar-refractivity contribution < 1.29 is 9.84 Å². The van der Waals surface area contributed by atoms with Gasteiger partial charge in [0.2, 0.25) is 0 Å². The number of rotatable bonds is 5. The molecule has 0 radical (unpaired) electrons. The van der Waals surface area contributed by atoms with E-state index in [0.717, 1.165) is 37.1 Å². The zero-order valence-electron chi connectivity index (χ0n) is 10.6. The summed E-state index contributed by atoms with van der Waals surface area (Å²) in [4.78, 5) is 3.58. The highest BCUT2D eigenvalue weighted by atomic mass is 79.9. The van der Waals surface area contributed by atoms with Crippen LogP contribution >= 0.6 is 27.3 Å². The summed E-state index contributed by atoms with van der Waals surface area (Å²) in [7, 11) is 0. The maximum Gasteiger partial charge on any atom is 0.0964 e. The maximum absolute atomic E-state index is 10.3. The number of morpholine rings is 1. The van der Waals surface area contributed by atoms with Gasteiger partial charge in [-0.2, -0.15) is 0 Å². The molecule has 1 aliphatic heterocycles. The minimum absolute atomic E-state index is 0.0498. The van der Waals surface area contributed by atoms with Gasteiger partial charge < -0.3 is 9.84 Å². The molecule has 0 bridgehead atoms. The van der Waals surface area contributed by atoms with E-state index < -0.39 is 6.10 Å². The van der Waals surface area contributed by atoms with Gasteiger partial charge in [0, 0.05) is 34.2 Å². The van der Waals surface area contributed by atoms with Crippen LogP contribution in [0.3, 0.4) is 0 Å². The van der Waals surface area contributed by atoms with Crippen LogP contribution in [0.1, 0.15) is 18.2 Å². The third kappa shape index (κ3) is 4.03. The van der Waals surface area contributed by atoms with Crippen LogP contribution in [-0.2, 0) is 11.2 Å². The van der Waals surface area contributed by atoms with Crippen molar-refractivity contribution in [3.63, 3.8) is 0 Å². The second-order valence-electron chi connectivity index (χ2n) is 4.71. The first-order chi connectivity index (χ1) is 8.69. The minimum Gasteiger partial charge on any atom is -0.390 e. The number of thiophene rings is 1. The van der Waals surface area contributed by atoms with Gasteiger partial charge in [0.15, 0.2) is 0 Å². The fraction of sp³-hybridized carbons (Fsp3) is 0.692. The second-order valence-corrected chi connectivity index (χ2v) is 6.62. The fourth-order valence-corrected chi connectivity index (χ4v) is 3.78. The van der Waals surface area contributed by atoms with Gasteiger partial charge in [-0.3, -0.25) is 4.90 Å². The smallest absolute Gasteiger partial charge is 0.0964 e. The highest BCUT2D eigenvalue weighted by molar-refractivity contribution is 9.10. The second kappa shape index (κ2) is 7.01. The van der Waals surface area contributed by atoms with Crippen molar-refractivity contribution in [3.8, 4) is 0 Å². The molecule has 0 saturated carbocycles. The Morgan fingerprint density at radius 1 is 1.67 bits per heavy atom. The molecule has 2 unspecified atom stereocenters. The Bertz CT molecular complexity index is 370. The zero-order chi connectivity index (χ0) is 13.0. The van der Waals surface area contributed by atoms with Gasteiger partial charge in [0.25, 0.3) is 0 Å². The first kappa shape index (κ1) is 14.5. The lowest BCUT2D eigenvalue weighted by atomic mass is 10.1. The molecule has 0 aromatic carbocycles. The van der Waals surface area contributed by atoms with Crippen molar-refractivity contribution in [2.24, 2.45) is 0 Å². The normalized spacial score (nSPS) is 23.2. The van der Waals surface area contributed by atoms with E-state index in [0.29, 0.717) is 6.42 Å². The van der Waals surface area contributed by atoms with Crippen molar-refractivity contribution in [2.75, 3.05) is 26.2 Å². The molecule has 1 saturated heterocycles. The van der Waals surface area contributed by atoms with Crippen molar-refractivity contribution in [1.29, 1.82) is 0 Å². The average molecular weight is 334 g/mol. The fourth-order valence-electron chi connectivity index (χ4n) is 2.28. The first-order valence-corrected chi connectivity index (χ1v) is 8.11. The van der Waals surface area contributed by atoms with Crippen molar-refractivity contribution >= 4 is 27.3 Å². The number of aliphatic hydroxyl groups excluding tert-OH is 1. The Balaban J connectivity index is 1.86. The van der Waals surface area contributed by atoms with E-state index in [-0.39, 0.29) is 6.10 Å². The van der Waals surface area contributed by atoms with Crippen LogP contribution in [0, 0.1) is 0 Å². The van der Waals surface area contributed by atoms with Gasteiger partial charge >= 0.3 is 0 Å². The summed E-state index contributed by atoms with van der Waals surface area (Å²) in [6.45, 7) is 5.85. The van der Waals surface area contributed by atoms with Gasteiger partial charge in [0.05, 0.1) is 18.8 Å². The molecule has 3 nitrogen and oxygen atoms in total. The molecule has 0 spiro atoms. The van der Waals surface area contributed by atoms with E-state index >= 15 is 0 Å². The molecule has 2 heterocycles. The molecule has 5 heteroatoms. The Morgan fingerprint density at radius 3 is 3.17 bits per heavy atom. The van der Waals surface area contributed by atoms with E-state index in [1.54, 1.807) is 11.3 Å². The number of aliphatic hydroxyl groups is 1. The first-order valence-electron chi connectivity index (χ1n) is 6.44. The van der Waals surface area contributed by atoms with Crippen molar-refractivity contribution in [1.82, 2.24) is 4.90 Å². The predicted molar refractivity (Wildman–Crippen MR) is 78.2 cm³/mol. The summed E-state index contributed by atoms with van der Waals surface area (Å²) >= 11 is 5.11. The SMILES string of the molecule is CCCN1CCOC(C(O)Cc2cc(Br)cs2)C1. The summed E-state index contributed by atoms with van der Waals surface area (Å²) in [5, 5.41) is 12.3. The Kier molecular flexibility index (Phi) is 5.63. The molecule has 2 rings (SSSR count). The molecule has 1 aromatic heterocycles. The molecule has 1 N–H and O–H groups in total. The van der Waals surface area contributed by atoms with E-state index in [1.807, 2.05) is 5.38 Å². The molecule has 1 aliphatic rings. The molecular weight excluding hydrogens is 314 g/mol. The van der Waals surface area contributed by atoms with Crippen LogP contribution < -0.4 is 0 Å². The Labute approximate surface area is 121 Å². The van der Waals surface area contributed by atoms with Gasteiger partial charge in [0.1, 0.15) is 0 Å². The number of halogens is 1. The number of hydrogen-bond acceptors (Lipinski definition) is 4. The van der Waals surface area contributed by atoms with Gasteiger partial charge in [-0.1, -0.05) is 6.92 Å². The maximum atomic E-state index is 10.3. The summed E-state index contributed by atoms with van der Waals surface area (Å²) in [5.41, 5.74) is 0. The van der Waals surface area contributed by atoms with Crippen molar-refractivity contribution in [3.05, 3.63) is 20.8 Å². The molecular formula is C13H20BrNO2S. The van der Waals surface area contributed by atoms with E-state index in [1.165, 1.54) is 4.88 Å². The third-order valence-electron chi connectivity index (χ3n) is 3.18. The molecule has 18 heavy (non-hydrogen) atoms. The summed E-state index contributed by atoms with van der Waals surface area (Å²) in [6, 6.07) is 2.07. The average Bonchev–Trinajstić information content (AvgIpc) is 2.75. The lowest BCUT2D eigenvalue weighted by Crippen LogP contribution is -2.48. The summed E-state index contributed by atoms with van der Waals surface area (Å²) in [5.74, 6) is 0. The van der Waals surface area contributed by atoms with Gasteiger partial charge in [-0.15, -0.1) is 11.3 Å². The van der Waals surface area contributed by atoms with Gasteiger partial charge in [-0.05, 0) is 35.0 Å². The highest BCUT2D eigenvalue weighted by Crippen LogP contribution is 2.22. The molecule has 0 amide bonds. The zero-order valence-corrected chi connectivity index (χ0v) is 13.0. The van der Waals surface area contributed by atoms with Crippen LogP contribution in [-0.4, -0.2) is 48.5 Å². The summed E-state index contributed by atoms with van der Waals surface area (Å²) < 4.78 is 6.79. The predicted octanol–water partition coefficient (Wildman–Crippen LogP) is 2.52. The van der Waals surface area contributed by atoms with Crippen LogP contribution in [0.2, 0.25) is 0 Å². The molecule has 1 fully saturated rings. The van der Waals surface area contributed by atoms with Crippen LogP contribution in [0.4, 0.5) is 0 Å². The minimum atomic E-state index is -0.407. The van der Waals surface area contributed by atoms with Crippen LogP contribution in [0.15, 0.2) is 15.9 Å². The lowest BCUT2D eigenvalue weighted by Gasteiger charge is -2.35. The molecule has 1 aromatic rings. The number of nitrogens with zero attached hydrogens (tertiary/aromatic N) is 1. The van der Waals surface area contributed by atoms with E-state index in [4.69, 9.17) is 4.74 Å². The van der Waals surface area contributed by atoms with Crippen LogP contribution in [0.5, 0.6) is 0 Å². The quantitative estimate of drug-likeness (QED) is 0.898. The van der Waals surface area contributed by atoms with Gasteiger partial charge in [-0.25, -0.2) is 0 Å². The topological polar surface area (TPSA) is 32.7 Å². The molecule has 0 aliphatic carbocycles.